The Kier molecular flexibility index (Phi) is 5.27. The molecule has 0 radical (unpaired) electrons. The van der Waals surface area contributed by atoms with E-state index in [9.17, 15) is 14.7 Å². The minimum absolute atomic E-state index is 0.334. The van der Waals surface area contributed by atoms with Crippen LogP contribution in [0.25, 0.3) is 0 Å². The molecule has 0 aromatic heterocycles. The minimum Gasteiger partial charge on any atom is -0.479 e. The SMILES string of the molecule is Cc1cccc(NC(=O)COC(C(=O)O)c2ccccc2)c1. The van der Waals surface area contributed by atoms with E-state index in [1.54, 1.807) is 36.4 Å². The van der Waals surface area contributed by atoms with Gasteiger partial charge in [0.05, 0.1) is 0 Å². The first-order valence-electron chi connectivity index (χ1n) is 6.82. The molecule has 2 aromatic carbocycles. The molecule has 114 valence electrons. The lowest BCUT2D eigenvalue weighted by atomic mass is 10.1. The molecule has 2 N–H and O–H groups in total. The van der Waals surface area contributed by atoms with E-state index < -0.39 is 18.0 Å². The number of rotatable bonds is 6. The van der Waals surface area contributed by atoms with Gasteiger partial charge in [-0.2, -0.15) is 0 Å². The van der Waals surface area contributed by atoms with Crippen LogP contribution in [0, 0.1) is 6.92 Å². The Morgan fingerprint density at radius 1 is 1.14 bits per heavy atom. The van der Waals surface area contributed by atoms with Crippen molar-refractivity contribution in [3.8, 4) is 0 Å². The summed E-state index contributed by atoms with van der Waals surface area (Å²) in [6, 6.07) is 15.9. The molecule has 22 heavy (non-hydrogen) atoms. The molecule has 0 spiro atoms. The Morgan fingerprint density at radius 2 is 1.86 bits per heavy atom. The highest BCUT2D eigenvalue weighted by Crippen LogP contribution is 2.17. The van der Waals surface area contributed by atoms with Gasteiger partial charge in [0.1, 0.15) is 6.61 Å². The molecule has 0 saturated heterocycles. The number of nitrogens with one attached hydrogen (secondary N) is 1. The molecule has 2 aromatic rings. The van der Waals surface area contributed by atoms with Crippen LogP contribution in [0.15, 0.2) is 54.6 Å². The highest BCUT2D eigenvalue weighted by molar-refractivity contribution is 5.92. The van der Waals surface area contributed by atoms with Crippen LogP contribution in [0.4, 0.5) is 5.69 Å². The first kappa shape index (κ1) is 15.7. The van der Waals surface area contributed by atoms with Crippen molar-refractivity contribution in [1.29, 1.82) is 0 Å². The Bertz CT molecular complexity index is 655. The van der Waals surface area contributed by atoms with Crippen molar-refractivity contribution in [1.82, 2.24) is 0 Å². The number of amides is 1. The minimum atomic E-state index is -1.16. The number of carbonyl (C=O) groups excluding carboxylic acids is 1. The molecule has 1 atom stereocenters. The van der Waals surface area contributed by atoms with E-state index >= 15 is 0 Å². The highest BCUT2D eigenvalue weighted by atomic mass is 16.5. The van der Waals surface area contributed by atoms with E-state index in [4.69, 9.17) is 4.74 Å². The van der Waals surface area contributed by atoms with E-state index in [1.165, 1.54) is 0 Å². The van der Waals surface area contributed by atoms with Gasteiger partial charge in [0.15, 0.2) is 6.10 Å². The molecule has 5 heteroatoms. The number of benzene rings is 2. The van der Waals surface area contributed by atoms with Crippen molar-refractivity contribution in [3.05, 3.63) is 65.7 Å². The second kappa shape index (κ2) is 7.38. The van der Waals surface area contributed by atoms with Gasteiger partial charge >= 0.3 is 5.97 Å². The van der Waals surface area contributed by atoms with Crippen molar-refractivity contribution in [2.75, 3.05) is 11.9 Å². The number of anilines is 1. The number of carbonyl (C=O) groups is 2. The van der Waals surface area contributed by atoms with Gasteiger partial charge in [-0.25, -0.2) is 4.79 Å². The first-order chi connectivity index (χ1) is 10.6. The van der Waals surface area contributed by atoms with Crippen LogP contribution in [0.3, 0.4) is 0 Å². The molecule has 1 unspecified atom stereocenters. The van der Waals surface area contributed by atoms with Gasteiger partial charge in [0, 0.05) is 5.69 Å². The van der Waals surface area contributed by atoms with E-state index in [0.717, 1.165) is 5.56 Å². The molecule has 0 bridgehead atoms. The lowest BCUT2D eigenvalue weighted by Gasteiger charge is -2.14. The van der Waals surface area contributed by atoms with Crippen LogP contribution in [0.2, 0.25) is 0 Å². The average Bonchev–Trinajstić information content (AvgIpc) is 2.48. The fourth-order valence-corrected chi connectivity index (χ4v) is 2.02. The number of carboxylic acid groups (broad SMARTS) is 1. The Morgan fingerprint density at radius 3 is 2.50 bits per heavy atom. The van der Waals surface area contributed by atoms with Gasteiger partial charge in [-0.1, -0.05) is 42.5 Å². The number of aryl methyl sites for hydroxylation is 1. The summed E-state index contributed by atoms with van der Waals surface area (Å²) in [5.41, 5.74) is 2.17. The summed E-state index contributed by atoms with van der Waals surface area (Å²) >= 11 is 0. The Balaban J connectivity index is 1.95. The molecule has 0 aliphatic carbocycles. The molecule has 0 saturated carbocycles. The quantitative estimate of drug-likeness (QED) is 0.860. The van der Waals surface area contributed by atoms with Gasteiger partial charge in [-0.15, -0.1) is 0 Å². The Labute approximate surface area is 128 Å². The Hall–Kier alpha value is -2.66. The number of ether oxygens (including phenoxy) is 1. The number of hydrogen-bond acceptors (Lipinski definition) is 3. The normalized spacial score (nSPS) is 11.7. The fraction of sp³-hybridized carbons (Fsp3) is 0.176. The van der Waals surface area contributed by atoms with Gasteiger partial charge in [0.2, 0.25) is 5.91 Å². The second-order valence-electron chi connectivity index (χ2n) is 4.86. The monoisotopic (exact) mass is 299 g/mol. The van der Waals surface area contributed by atoms with Crippen LogP contribution < -0.4 is 5.32 Å². The van der Waals surface area contributed by atoms with Crippen molar-refractivity contribution in [2.45, 2.75) is 13.0 Å². The summed E-state index contributed by atoms with van der Waals surface area (Å²) in [6.07, 6.45) is -1.16. The molecule has 0 fully saturated rings. The summed E-state index contributed by atoms with van der Waals surface area (Å²) in [6.45, 7) is 1.59. The van der Waals surface area contributed by atoms with Crippen LogP contribution >= 0.6 is 0 Å². The molecular formula is C17H17NO4. The summed E-state index contributed by atoms with van der Waals surface area (Å²) in [4.78, 5) is 23.1. The number of aliphatic carboxylic acids is 1. The smallest absolute Gasteiger partial charge is 0.337 e. The molecule has 0 aliphatic rings. The van der Waals surface area contributed by atoms with Crippen LogP contribution in [0.1, 0.15) is 17.2 Å². The maximum Gasteiger partial charge on any atom is 0.337 e. The summed E-state index contributed by atoms with van der Waals surface area (Å²) in [5, 5.41) is 11.9. The zero-order valence-corrected chi connectivity index (χ0v) is 12.2. The maximum absolute atomic E-state index is 11.9. The van der Waals surface area contributed by atoms with Crippen molar-refractivity contribution in [3.63, 3.8) is 0 Å². The van der Waals surface area contributed by atoms with Crippen LogP contribution in [0.5, 0.6) is 0 Å². The number of carboxylic acids is 1. The zero-order chi connectivity index (χ0) is 15.9. The number of hydrogen-bond donors (Lipinski definition) is 2. The van der Waals surface area contributed by atoms with Crippen LogP contribution in [-0.2, 0) is 14.3 Å². The van der Waals surface area contributed by atoms with Crippen molar-refractivity contribution >= 4 is 17.6 Å². The third-order valence-corrected chi connectivity index (χ3v) is 3.01. The fourth-order valence-electron chi connectivity index (χ4n) is 2.02. The van der Waals surface area contributed by atoms with Gasteiger partial charge in [-0.3, -0.25) is 4.79 Å². The summed E-state index contributed by atoms with van der Waals surface area (Å²) < 4.78 is 5.24. The van der Waals surface area contributed by atoms with Gasteiger partial charge in [-0.05, 0) is 30.2 Å². The summed E-state index contributed by atoms with van der Waals surface area (Å²) in [5.74, 6) is -1.53. The molecule has 0 aliphatic heterocycles. The molecule has 2 rings (SSSR count). The first-order valence-corrected chi connectivity index (χ1v) is 6.82. The topological polar surface area (TPSA) is 75.6 Å². The zero-order valence-electron chi connectivity index (χ0n) is 12.2. The van der Waals surface area contributed by atoms with E-state index in [1.807, 2.05) is 25.1 Å². The predicted molar refractivity (Wildman–Crippen MR) is 82.6 cm³/mol. The van der Waals surface area contributed by atoms with Crippen molar-refractivity contribution < 1.29 is 19.4 Å². The van der Waals surface area contributed by atoms with E-state index in [0.29, 0.717) is 11.3 Å². The molecule has 0 heterocycles. The van der Waals surface area contributed by atoms with E-state index in [-0.39, 0.29) is 6.61 Å². The van der Waals surface area contributed by atoms with Gasteiger partial charge < -0.3 is 15.2 Å². The standard InChI is InChI=1S/C17H17NO4/c1-12-6-5-9-14(10-12)18-15(19)11-22-16(17(20)21)13-7-3-2-4-8-13/h2-10,16H,11H2,1H3,(H,18,19)(H,20,21). The van der Waals surface area contributed by atoms with Crippen molar-refractivity contribution in [2.24, 2.45) is 0 Å². The average molecular weight is 299 g/mol. The lowest BCUT2D eigenvalue weighted by Crippen LogP contribution is -2.23. The molecule has 1 amide bonds. The lowest BCUT2D eigenvalue weighted by molar-refractivity contribution is -0.152. The third kappa shape index (κ3) is 4.43. The largest absolute Gasteiger partial charge is 0.479 e. The van der Waals surface area contributed by atoms with Crippen LogP contribution in [-0.4, -0.2) is 23.6 Å². The summed E-state index contributed by atoms with van der Waals surface area (Å²) in [7, 11) is 0. The highest BCUT2D eigenvalue weighted by Gasteiger charge is 2.21. The molecule has 5 nitrogen and oxygen atoms in total. The molecular weight excluding hydrogens is 282 g/mol. The van der Waals surface area contributed by atoms with E-state index in [2.05, 4.69) is 5.32 Å². The third-order valence-electron chi connectivity index (χ3n) is 3.01. The maximum atomic E-state index is 11.9. The predicted octanol–water partition coefficient (Wildman–Crippen LogP) is 2.78. The second-order valence-corrected chi connectivity index (χ2v) is 4.86. The van der Waals surface area contributed by atoms with Gasteiger partial charge in [0.25, 0.3) is 0 Å².